The Kier molecular flexibility index (Phi) is 3.72. The molecular weight excluding hydrogens is 280 g/mol. The predicted molar refractivity (Wildman–Crippen MR) is 66.4 cm³/mol. The summed E-state index contributed by atoms with van der Waals surface area (Å²) < 4.78 is 48.4. The van der Waals surface area contributed by atoms with Crippen LogP contribution in [0.5, 0.6) is 0 Å². The molecule has 0 aromatic heterocycles. The highest BCUT2D eigenvalue weighted by Gasteiger charge is 2.43. The van der Waals surface area contributed by atoms with Crippen LogP contribution >= 0.6 is 0 Å². The summed E-state index contributed by atoms with van der Waals surface area (Å²) in [5, 5.41) is 11.7. The second-order valence-corrected chi connectivity index (χ2v) is 9.38. The maximum absolute atomic E-state index is 12.3. The lowest BCUT2D eigenvalue weighted by Gasteiger charge is -2.28. The lowest BCUT2D eigenvalue weighted by atomic mass is 10.2. The molecule has 18 heavy (non-hydrogen) atoms. The van der Waals surface area contributed by atoms with Crippen molar-refractivity contribution in [2.45, 2.75) is 23.8 Å². The molecule has 1 unspecified atom stereocenters. The average molecular weight is 298 g/mol. The number of hydrogen-bond acceptors (Lipinski definition) is 6. The quantitative estimate of drug-likeness (QED) is 0.611. The molecule has 2 aliphatic rings. The largest absolute Gasteiger partial charge is 0.390 e. The summed E-state index contributed by atoms with van der Waals surface area (Å²) in [5.41, 5.74) is 0. The minimum Gasteiger partial charge on any atom is -0.390 e. The van der Waals surface area contributed by atoms with Crippen molar-refractivity contribution in [3.05, 3.63) is 0 Å². The van der Waals surface area contributed by atoms with Gasteiger partial charge in [0.05, 0.1) is 28.9 Å². The van der Waals surface area contributed by atoms with Gasteiger partial charge in [-0.2, -0.15) is 4.31 Å². The summed E-state index contributed by atoms with van der Waals surface area (Å²) in [4.78, 5) is 0. The second-order valence-electron chi connectivity index (χ2n) is 4.88. The molecule has 0 amide bonds. The Balaban J connectivity index is 2.16. The fraction of sp³-hybridized carbons (Fsp3) is 1.00. The molecular formula is C9H18N2O5S2. The zero-order valence-corrected chi connectivity index (χ0v) is 11.7. The third-order valence-electron chi connectivity index (χ3n) is 3.63. The van der Waals surface area contributed by atoms with Crippen LogP contribution in [0, 0.1) is 0 Å². The van der Waals surface area contributed by atoms with Crippen molar-refractivity contribution < 1.29 is 21.9 Å². The van der Waals surface area contributed by atoms with Gasteiger partial charge in [-0.15, -0.1) is 0 Å². The van der Waals surface area contributed by atoms with Gasteiger partial charge in [0.15, 0.2) is 9.84 Å². The fourth-order valence-electron chi connectivity index (χ4n) is 2.44. The van der Waals surface area contributed by atoms with Crippen LogP contribution in [0.4, 0.5) is 0 Å². The minimum absolute atomic E-state index is 0.0732. The van der Waals surface area contributed by atoms with Gasteiger partial charge >= 0.3 is 0 Å². The highest BCUT2D eigenvalue weighted by atomic mass is 32.2. The Bertz CT molecular complexity index is 515. The van der Waals surface area contributed by atoms with Crippen molar-refractivity contribution in [2.24, 2.45) is 0 Å². The first-order valence-corrected chi connectivity index (χ1v) is 9.12. The van der Waals surface area contributed by atoms with Gasteiger partial charge in [0.2, 0.25) is 10.0 Å². The van der Waals surface area contributed by atoms with E-state index in [2.05, 4.69) is 5.32 Å². The first-order valence-electron chi connectivity index (χ1n) is 5.80. The smallest absolute Gasteiger partial charge is 0.218 e. The molecule has 0 radical (unpaired) electrons. The average Bonchev–Trinajstić information content (AvgIpc) is 2.83. The molecule has 0 aromatic carbocycles. The Labute approximate surface area is 107 Å². The number of sulfonamides is 1. The van der Waals surface area contributed by atoms with Crippen molar-refractivity contribution >= 4 is 19.9 Å². The third kappa shape index (κ3) is 2.55. The molecule has 2 aliphatic heterocycles. The first kappa shape index (κ1) is 14.2. The maximum Gasteiger partial charge on any atom is 0.218 e. The van der Waals surface area contributed by atoms with Gasteiger partial charge in [-0.1, -0.05) is 0 Å². The molecule has 2 rings (SSSR count). The first-order chi connectivity index (χ1) is 8.24. The molecule has 2 heterocycles. The number of rotatable bonds is 3. The molecule has 7 nitrogen and oxygen atoms in total. The standard InChI is InChI=1S/C9H18N2O5S2/c1-11(8-4-10-5-9(8)12)18(15,16)7-2-3-17(13,14)6-7/h7-10,12H,2-6H2,1H3/t7?,8-,9-/m0/s1. The van der Waals surface area contributed by atoms with Crippen LogP contribution < -0.4 is 5.32 Å². The summed E-state index contributed by atoms with van der Waals surface area (Å²) in [7, 11) is -5.50. The highest BCUT2D eigenvalue weighted by molar-refractivity contribution is 7.95. The van der Waals surface area contributed by atoms with E-state index in [1.54, 1.807) is 0 Å². The van der Waals surface area contributed by atoms with Crippen molar-refractivity contribution in [1.29, 1.82) is 0 Å². The van der Waals surface area contributed by atoms with Gasteiger partial charge in [-0.3, -0.25) is 0 Å². The lowest BCUT2D eigenvalue weighted by molar-refractivity contribution is 0.136. The Morgan fingerprint density at radius 3 is 2.44 bits per heavy atom. The molecule has 2 fully saturated rings. The molecule has 2 N–H and O–H groups in total. The number of hydrogen-bond donors (Lipinski definition) is 2. The van der Waals surface area contributed by atoms with Crippen molar-refractivity contribution in [3.8, 4) is 0 Å². The Morgan fingerprint density at radius 1 is 1.33 bits per heavy atom. The normalized spacial score (nSPS) is 36.3. The highest BCUT2D eigenvalue weighted by Crippen LogP contribution is 2.24. The third-order valence-corrected chi connectivity index (χ3v) is 7.93. The Hall–Kier alpha value is -0.220. The van der Waals surface area contributed by atoms with E-state index < -0.39 is 37.3 Å². The molecule has 3 atom stereocenters. The molecule has 106 valence electrons. The second kappa shape index (κ2) is 4.71. The van der Waals surface area contributed by atoms with E-state index in [-0.39, 0.29) is 17.9 Å². The number of sulfone groups is 1. The van der Waals surface area contributed by atoms with Crippen LogP contribution in [0.3, 0.4) is 0 Å². The van der Waals surface area contributed by atoms with E-state index in [9.17, 15) is 21.9 Å². The number of nitrogens with one attached hydrogen (secondary N) is 1. The minimum atomic E-state index is -3.67. The van der Waals surface area contributed by atoms with Crippen LogP contribution in [-0.2, 0) is 19.9 Å². The van der Waals surface area contributed by atoms with E-state index in [4.69, 9.17) is 0 Å². The molecule has 0 spiro atoms. The fourth-order valence-corrected chi connectivity index (χ4v) is 6.92. The molecule has 2 saturated heterocycles. The number of nitrogens with zero attached hydrogens (tertiary/aromatic N) is 1. The zero-order chi connectivity index (χ0) is 13.6. The molecule has 0 aromatic rings. The summed E-state index contributed by atoms with van der Waals surface area (Å²) >= 11 is 0. The van der Waals surface area contributed by atoms with Gasteiger partial charge < -0.3 is 10.4 Å². The van der Waals surface area contributed by atoms with Crippen LogP contribution in [-0.4, -0.2) is 75.3 Å². The molecule has 9 heteroatoms. The van der Waals surface area contributed by atoms with Gasteiger partial charge in [0.1, 0.15) is 0 Å². The summed E-state index contributed by atoms with van der Waals surface area (Å²) in [6, 6.07) is -0.515. The lowest BCUT2D eigenvalue weighted by Crippen LogP contribution is -2.48. The SMILES string of the molecule is CN([C@H]1CNC[C@@H]1O)S(=O)(=O)C1CCS(=O)(=O)C1. The van der Waals surface area contributed by atoms with E-state index in [1.807, 2.05) is 0 Å². The molecule has 0 bridgehead atoms. The molecule has 0 saturated carbocycles. The topological polar surface area (TPSA) is 104 Å². The monoisotopic (exact) mass is 298 g/mol. The van der Waals surface area contributed by atoms with E-state index >= 15 is 0 Å². The van der Waals surface area contributed by atoms with Crippen molar-refractivity contribution in [1.82, 2.24) is 9.62 Å². The maximum atomic E-state index is 12.3. The van der Waals surface area contributed by atoms with Gasteiger partial charge in [0, 0.05) is 20.1 Å². The van der Waals surface area contributed by atoms with Crippen molar-refractivity contribution in [2.75, 3.05) is 31.6 Å². The number of aliphatic hydroxyl groups is 1. The van der Waals surface area contributed by atoms with Gasteiger partial charge in [-0.25, -0.2) is 16.8 Å². The summed E-state index contributed by atoms with van der Waals surface area (Å²) in [6.07, 6.45) is -0.603. The zero-order valence-electron chi connectivity index (χ0n) is 10.1. The summed E-state index contributed by atoms with van der Waals surface area (Å²) in [6.45, 7) is 0.740. The van der Waals surface area contributed by atoms with Gasteiger partial charge in [0.25, 0.3) is 0 Å². The van der Waals surface area contributed by atoms with Crippen LogP contribution in [0.2, 0.25) is 0 Å². The van der Waals surface area contributed by atoms with E-state index in [0.717, 1.165) is 4.31 Å². The van der Waals surface area contributed by atoms with Gasteiger partial charge in [-0.05, 0) is 6.42 Å². The number of aliphatic hydroxyl groups excluding tert-OH is 1. The van der Waals surface area contributed by atoms with Crippen LogP contribution in [0.15, 0.2) is 0 Å². The van der Waals surface area contributed by atoms with Crippen molar-refractivity contribution in [3.63, 3.8) is 0 Å². The van der Waals surface area contributed by atoms with E-state index in [1.165, 1.54) is 7.05 Å². The van der Waals surface area contributed by atoms with Crippen LogP contribution in [0.1, 0.15) is 6.42 Å². The molecule has 0 aliphatic carbocycles. The van der Waals surface area contributed by atoms with Crippen LogP contribution in [0.25, 0.3) is 0 Å². The number of likely N-dealkylation sites (N-methyl/N-ethyl adjacent to an activating group) is 1. The Morgan fingerprint density at radius 2 is 2.00 bits per heavy atom. The summed E-state index contributed by atoms with van der Waals surface area (Å²) in [5.74, 6) is -0.383. The van der Waals surface area contributed by atoms with E-state index in [0.29, 0.717) is 13.1 Å². The number of β-amino-alcohol motifs (C(OH)–C–C–N with tert-alkyl or cyclic N) is 1. The predicted octanol–water partition coefficient (Wildman–Crippen LogP) is -2.23.